The highest BCUT2D eigenvalue weighted by molar-refractivity contribution is 5.59. The first kappa shape index (κ1) is 16.6. The first-order chi connectivity index (χ1) is 10.3. The van der Waals surface area contributed by atoms with Crippen molar-refractivity contribution in [1.82, 2.24) is 0 Å². The van der Waals surface area contributed by atoms with Gasteiger partial charge in [-0.1, -0.05) is 13.8 Å². The van der Waals surface area contributed by atoms with Crippen LogP contribution in [0, 0.1) is 17.2 Å². The molecule has 0 aromatic heterocycles. The Labute approximate surface area is 128 Å². The second-order valence-electron chi connectivity index (χ2n) is 5.93. The van der Waals surface area contributed by atoms with E-state index in [0.717, 1.165) is 6.07 Å². The van der Waals surface area contributed by atoms with Gasteiger partial charge in [0.15, 0.2) is 0 Å². The molecule has 0 spiro atoms. The Hall–Kier alpha value is -1.74. The van der Waals surface area contributed by atoms with Gasteiger partial charge in [-0.25, -0.2) is 0 Å². The fourth-order valence-electron chi connectivity index (χ4n) is 2.51. The number of nitrogens with zero attached hydrogens (tertiary/aromatic N) is 2. The number of halogens is 3. The second kappa shape index (κ2) is 6.57. The van der Waals surface area contributed by atoms with Crippen LogP contribution in [0.15, 0.2) is 18.2 Å². The van der Waals surface area contributed by atoms with Gasteiger partial charge in [-0.15, -0.1) is 0 Å². The van der Waals surface area contributed by atoms with Gasteiger partial charge in [-0.05, 0) is 30.5 Å². The molecule has 1 aromatic rings. The summed E-state index contributed by atoms with van der Waals surface area (Å²) in [5.41, 5.74) is -0.396. The van der Waals surface area contributed by atoms with Gasteiger partial charge in [0.2, 0.25) is 0 Å². The van der Waals surface area contributed by atoms with E-state index >= 15 is 0 Å². The normalized spacial score (nSPS) is 18.8. The topological polar surface area (TPSA) is 36.3 Å². The highest BCUT2D eigenvalue weighted by Gasteiger charge is 2.36. The molecule has 1 aliphatic heterocycles. The minimum Gasteiger partial charge on any atom is -0.376 e. The fourth-order valence-corrected chi connectivity index (χ4v) is 2.51. The molecule has 1 heterocycles. The molecular formula is C16H19F3N2O. The zero-order valence-electron chi connectivity index (χ0n) is 12.7. The van der Waals surface area contributed by atoms with Crippen molar-refractivity contribution in [3.8, 4) is 6.07 Å². The van der Waals surface area contributed by atoms with E-state index in [9.17, 15) is 13.2 Å². The average molecular weight is 312 g/mol. The highest BCUT2D eigenvalue weighted by Crippen LogP contribution is 2.38. The standard InChI is InChI=1S/C16H19F3N2O/c1-11(2)10-22-13-5-6-21(9-13)15-7-12(8-20)3-4-14(15)16(17,18)19/h3-4,7,11,13H,5-6,9-10H2,1-2H3. The Kier molecular flexibility index (Phi) is 4.97. The summed E-state index contributed by atoms with van der Waals surface area (Å²) in [6.45, 7) is 5.59. The number of nitriles is 1. The van der Waals surface area contributed by atoms with Gasteiger partial charge in [0, 0.05) is 19.7 Å². The van der Waals surface area contributed by atoms with Crippen LogP contribution in [-0.2, 0) is 10.9 Å². The number of hydrogen-bond donors (Lipinski definition) is 0. The molecule has 0 amide bonds. The molecule has 120 valence electrons. The molecule has 0 radical (unpaired) electrons. The number of alkyl halides is 3. The largest absolute Gasteiger partial charge is 0.418 e. The molecule has 0 aliphatic carbocycles. The molecular weight excluding hydrogens is 293 g/mol. The first-order valence-corrected chi connectivity index (χ1v) is 7.29. The Morgan fingerprint density at radius 2 is 2.14 bits per heavy atom. The molecule has 1 atom stereocenters. The molecule has 0 saturated carbocycles. The maximum atomic E-state index is 13.1. The molecule has 1 aromatic carbocycles. The fraction of sp³-hybridized carbons (Fsp3) is 0.562. The van der Waals surface area contributed by atoms with Crippen molar-refractivity contribution in [1.29, 1.82) is 5.26 Å². The summed E-state index contributed by atoms with van der Waals surface area (Å²) in [4.78, 5) is 1.66. The number of ether oxygens (including phenoxy) is 1. The van der Waals surface area contributed by atoms with Crippen LogP contribution in [0.2, 0.25) is 0 Å². The van der Waals surface area contributed by atoms with Crippen molar-refractivity contribution in [3.05, 3.63) is 29.3 Å². The summed E-state index contributed by atoms with van der Waals surface area (Å²) < 4.78 is 45.2. The van der Waals surface area contributed by atoms with Crippen LogP contribution >= 0.6 is 0 Å². The van der Waals surface area contributed by atoms with Crippen LogP contribution in [0.1, 0.15) is 31.4 Å². The summed E-state index contributed by atoms with van der Waals surface area (Å²) in [6, 6.07) is 5.39. The third kappa shape index (κ3) is 3.92. The minimum absolute atomic E-state index is 0.0609. The molecule has 1 saturated heterocycles. The van der Waals surface area contributed by atoms with Crippen LogP contribution in [-0.4, -0.2) is 25.8 Å². The van der Waals surface area contributed by atoms with Crippen LogP contribution in [0.4, 0.5) is 18.9 Å². The maximum absolute atomic E-state index is 13.1. The lowest BCUT2D eigenvalue weighted by Gasteiger charge is -2.23. The van der Waals surface area contributed by atoms with E-state index in [4.69, 9.17) is 10.00 Å². The van der Waals surface area contributed by atoms with Gasteiger partial charge in [0.25, 0.3) is 0 Å². The van der Waals surface area contributed by atoms with E-state index in [2.05, 4.69) is 0 Å². The third-order valence-electron chi connectivity index (χ3n) is 3.58. The summed E-state index contributed by atoms with van der Waals surface area (Å²) in [7, 11) is 0. The van der Waals surface area contributed by atoms with Crippen molar-refractivity contribution < 1.29 is 17.9 Å². The number of benzene rings is 1. The molecule has 1 aliphatic rings. The Balaban J connectivity index is 2.20. The van der Waals surface area contributed by atoms with E-state index in [-0.39, 0.29) is 17.4 Å². The van der Waals surface area contributed by atoms with Gasteiger partial charge < -0.3 is 9.64 Å². The van der Waals surface area contributed by atoms with E-state index in [1.807, 2.05) is 19.9 Å². The van der Waals surface area contributed by atoms with E-state index in [1.54, 1.807) is 4.90 Å². The SMILES string of the molecule is CC(C)COC1CCN(c2cc(C#N)ccc2C(F)(F)F)C1. The first-order valence-electron chi connectivity index (χ1n) is 7.29. The molecule has 0 bridgehead atoms. The quantitative estimate of drug-likeness (QED) is 0.848. The van der Waals surface area contributed by atoms with Crippen LogP contribution in [0.3, 0.4) is 0 Å². The Morgan fingerprint density at radius 1 is 1.41 bits per heavy atom. The lowest BCUT2D eigenvalue weighted by atomic mass is 10.1. The number of rotatable bonds is 4. The molecule has 2 rings (SSSR count). The van der Waals surface area contributed by atoms with Gasteiger partial charge in [-0.2, -0.15) is 18.4 Å². The predicted molar refractivity (Wildman–Crippen MR) is 77.6 cm³/mol. The molecule has 1 unspecified atom stereocenters. The van der Waals surface area contributed by atoms with Crippen molar-refractivity contribution >= 4 is 5.69 Å². The Bertz CT molecular complexity index is 563. The average Bonchev–Trinajstić information content (AvgIpc) is 2.92. The molecule has 22 heavy (non-hydrogen) atoms. The summed E-state index contributed by atoms with van der Waals surface area (Å²) in [5, 5.41) is 8.92. The summed E-state index contributed by atoms with van der Waals surface area (Å²) >= 11 is 0. The Morgan fingerprint density at radius 3 is 2.73 bits per heavy atom. The highest BCUT2D eigenvalue weighted by atomic mass is 19.4. The van der Waals surface area contributed by atoms with Crippen molar-refractivity contribution in [2.75, 3.05) is 24.6 Å². The van der Waals surface area contributed by atoms with Crippen LogP contribution < -0.4 is 4.90 Å². The number of hydrogen-bond acceptors (Lipinski definition) is 3. The molecule has 1 fully saturated rings. The number of anilines is 1. The maximum Gasteiger partial charge on any atom is 0.418 e. The zero-order chi connectivity index (χ0) is 16.3. The van der Waals surface area contributed by atoms with Crippen molar-refractivity contribution in [2.45, 2.75) is 32.5 Å². The van der Waals surface area contributed by atoms with Crippen molar-refractivity contribution in [2.24, 2.45) is 5.92 Å². The zero-order valence-corrected chi connectivity index (χ0v) is 12.7. The third-order valence-corrected chi connectivity index (χ3v) is 3.58. The second-order valence-corrected chi connectivity index (χ2v) is 5.93. The summed E-state index contributed by atoms with van der Waals surface area (Å²) in [5.74, 6) is 0.390. The van der Waals surface area contributed by atoms with Gasteiger partial charge in [0.05, 0.1) is 29.0 Å². The van der Waals surface area contributed by atoms with Gasteiger partial charge >= 0.3 is 6.18 Å². The monoisotopic (exact) mass is 312 g/mol. The molecule has 3 nitrogen and oxygen atoms in total. The molecule has 6 heteroatoms. The van der Waals surface area contributed by atoms with E-state index < -0.39 is 11.7 Å². The predicted octanol–water partition coefficient (Wildman–Crippen LogP) is 3.83. The van der Waals surface area contributed by atoms with Crippen molar-refractivity contribution in [3.63, 3.8) is 0 Å². The smallest absolute Gasteiger partial charge is 0.376 e. The lowest BCUT2D eigenvalue weighted by molar-refractivity contribution is -0.137. The van der Waals surface area contributed by atoms with E-state index in [0.29, 0.717) is 32.0 Å². The van der Waals surface area contributed by atoms with Gasteiger partial charge in [0.1, 0.15) is 0 Å². The van der Waals surface area contributed by atoms with Crippen LogP contribution in [0.25, 0.3) is 0 Å². The van der Waals surface area contributed by atoms with Crippen LogP contribution in [0.5, 0.6) is 0 Å². The lowest BCUT2D eigenvalue weighted by Crippen LogP contribution is -2.26. The summed E-state index contributed by atoms with van der Waals surface area (Å²) in [6.07, 6.45) is -3.80. The minimum atomic E-state index is -4.43. The van der Waals surface area contributed by atoms with E-state index in [1.165, 1.54) is 12.1 Å². The van der Waals surface area contributed by atoms with Gasteiger partial charge in [-0.3, -0.25) is 0 Å². The molecule has 0 N–H and O–H groups in total.